The molecule has 148 valence electrons. The van der Waals surface area contributed by atoms with Crippen molar-refractivity contribution in [3.63, 3.8) is 0 Å². The molecule has 0 spiro atoms. The second-order valence-electron chi connectivity index (χ2n) is 7.11. The molecule has 0 radical (unpaired) electrons. The molecule has 0 fully saturated rings. The van der Waals surface area contributed by atoms with Crippen molar-refractivity contribution in [2.45, 2.75) is 26.7 Å². The van der Waals surface area contributed by atoms with Crippen LogP contribution in [0.1, 0.15) is 32.5 Å². The van der Waals surface area contributed by atoms with Crippen LogP contribution < -0.4 is 0 Å². The normalized spacial score (nSPS) is 11.5. The van der Waals surface area contributed by atoms with Crippen LogP contribution in [0, 0.1) is 0 Å². The predicted molar refractivity (Wildman–Crippen MR) is 125 cm³/mol. The highest BCUT2D eigenvalue weighted by Crippen LogP contribution is 2.26. The van der Waals surface area contributed by atoms with Crippen molar-refractivity contribution >= 4 is 5.57 Å². The van der Waals surface area contributed by atoms with Gasteiger partial charge in [-0.1, -0.05) is 105 Å². The van der Waals surface area contributed by atoms with Crippen molar-refractivity contribution in [3.05, 3.63) is 96.8 Å². The number of nitrogens with zero attached hydrogens (tertiary/aromatic N) is 3. The Morgan fingerprint density at radius 3 is 1.60 bits per heavy atom. The molecule has 30 heavy (non-hydrogen) atoms. The van der Waals surface area contributed by atoms with E-state index in [1.165, 1.54) is 11.1 Å². The van der Waals surface area contributed by atoms with E-state index in [1.54, 1.807) is 0 Å². The number of hydrogen-bond donors (Lipinski definition) is 0. The van der Waals surface area contributed by atoms with E-state index in [1.807, 2.05) is 36.4 Å². The van der Waals surface area contributed by atoms with Crippen molar-refractivity contribution in [2.75, 3.05) is 0 Å². The Bertz CT molecular complexity index is 1130. The molecule has 0 aliphatic rings. The van der Waals surface area contributed by atoms with Crippen LogP contribution >= 0.6 is 0 Å². The first-order chi connectivity index (χ1) is 14.8. The number of benzene rings is 3. The lowest BCUT2D eigenvalue weighted by molar-refractivity contribution is 1.01. The van der Waals surface area contributed by atoms with E-state index < -0.39 is 0 Å². The minimum absolute atomic E-state index is 0.703. The Hall–Kier alpha value is -3.59. The molecular formula is C27H25N3. The third kappa shape index (κ3) is 4.36. The number of rotatable bonds is 6. The van der Waals surface area contributed by atoms with E-state index in [2.05, 4.69) is 68.5 Å². The number of allylic oxidation sites excluding steroid dienone is 2. The zero-order valence-corrected chi connectivity index (χ0v) is 17.4. The maximum atomic E-state index is 4.83. The van der Waals surface area contributed by atoms with Gasteiger partial charge in [0.2, 0.25) is 0 Å². The van der Waals surface area contributed by atoms with Gasteiger partial charge in [0.15, 0.2) is 17.5 Å². The van der Waals surface area contributed by atoms with Gasteiger partial charge in [0.05, 0.1) is 0 Å². The highest BCUT2D eigenvalue weighted by molar-refractivity contribution is 5.70. The van der Waals surface area contributed by atoms with Gasteiger partial charge in [-0.15, -0.1) is 0 Å². The second-order valence-corrected chi connectivity index (χ2v) is 7.11. The minimum atomic E-state index is 0.703. The van der Waals surface area contributed by atoms with Crippen molar-refractivity contribution < 1.29 is 0 Å². The summed E-state index contributed by atoms with van der Waals surface area (Å²) in [6, 6.07) is 28.9. The smallest absolute Gasteiger partial charge is 0.164 e. The SMILES string of the molecule is CC/C=C(\CC)c1nc(-c2ccccc2)nc(-c2ccc(-c3ccccc3)cc2)n1. The summed E-state index contributed by atoms with van der Waals surface area (Å²) < 4.78 is 0. The molecular weight excluding hydrogens is 366 g/mol. The molecule has 0 aliphatic carbocycles. The quantitative estimate of drug-likeness (QED) is 0.352. The molecule has 0 atom stereocenters. The largest absolute Gasteiger partial charge is 0.209 e. The zero-order chi connectivity index (χ0) is 20.8. The fraction of sp³-hybridized carbons (Fsp3) is 0.148. The average molecular weight is 392 g/mol. The molecule has 4 rings (SSSR count). The fourth-order valence-corrected chi connectivity index (χ4v) is 3.45. The van der Waals surface area contributed by atoms with Gasteiger partial charge >= 0.3 is 0 Å². The van der Waals surface area contributed by atoms with Gasteiger partial charge in [-0.25, -0.2) is 15.0 Å². The molecule has 0 aliphatic heterocycles. The van der Waals surface area contributed by atoms with E-state index in [0.717, 1.165) is 35.4 Å². The Kier molecular flexibility index (Phi) is 6.09. The molecule has 0 bridgehead atoms. The fourth-order valence-electron chi connectivity index (χ4n) is 3.45. The van der Waals surface area contributed by atoms with E-state index in [9.17, 15) is 0 Å². The predicted octanol–water partition coefficient (Wildman–Crippen LogP) is 7.08. The van der Waals surface area contributed by atoms with Crippen LogP contribution in [0.25, 0.3) is 39.5 Å². The van der Waals surface area contributed by atoms with Crippen molar-refractivity contribution in [3.8, 4) is 33.9 Å². The van der Waals surface area contributed by atoms with E-state index in [4.69, 9.17) is 15.0 Å². The summed E-state index contributed by atoms with van der Waals surface area (Å²) in [6.45, 7) is 4.28. The Morgan fingerprint density at radius 2 is 1.07 bits per heavy atom. The monoisotopic (exact) mass is 391 g/mol. The number of aromatic nitrogens is 3. The summed E-state index contributed by atoms with van der Waals surface area (Å²) in [5.41, 5.74) is 5.51. The summed E-state index contributed by atoms with van der Waals surface area (Å²) in [7, 11) is 0. The van der Waals surface area contributed by atoms with Crippen molar-refractivity contribution in [1.29, 1.82) is 0 Å². The van der Waals surface area contributed by atoms with Crippen LogP contribution in [-0.2, 0) is 0 Å². The lowest BCUT2D eigenvalue weighted by atomic mass is 10.0. The Labute approximate surface area is 178 Å². The summed E-state index contributed by atoms with van der Waals surface area (Å²) in [5.74, 6) is 2.17. The highest BCUT2D eigenvalue weighted by Gasteiger charge is 2.13. The molecule has 3 nitrogen and oxygen atoms in total. The first kappa shape index (κ1) is 19.7. The zero-order valence-electron chi connectivity index (χ0n) is 17.4. The van der Waals surface area contributed by atoms with Crippen LogP contribution in [0.3, 0.4) is 0 Å². The molecule has 3 heteroatoms. The average Bonchev–Trinajstić information content (AvgIpc) is 2.83. The maximum absolute atomic E-state index is 4.83. The van der Waals surface area contributed by atoms with Gasteiger partial charge < -0.3 is 0 Å². The second kappa shape index (κ2) is 9.27. The third-order valence-corrected chi connectivity index (χ3v) is 5.04. The van der Waals surface area contributed by atoms with Gasteiger partial charge in [0.25, 0.3) is 0 Å². The molecule has 1 aromatic heterocycles. The Balaban J connectivity index is 1.79. The first-order valence-corrected chi connectivity index (χ1v) is 10.4. The molecule has 0 N–H and O–H groups in total. The van der Waals surface area contributed by atoms with Gasteiger partial charge in [-0.05, 0) is 29.5 Å². The van der Waals surface area contributed by atoms with E-state index in [0.29, 0.717) is 11.6 Å². The third-order valence-electron chi connectivity index (χ3n) is 5.04. The minimum Gasteiger partial charge on any atom is -0.209 e. The van der Waals surface area contributed by atoms with E-state index >= 15 is 0 Å². The molecule has 0 saturated carbocycles. The summed E-state index contributed by atoms with van der Waals surface area (Å²) in [5, 5.41) is 0. The lowest BCUT2D eigenvalue weighted by Gasteiger charge is -2.10. The molecule has 1 heterocycles. The summed E-state index contributed by atoms with van der Waals surface area (Å²) in [6.07, 6.45) is 4.04. The van der Waals surface area contributed by atoms with Gasteiger partial charge in [0.1, 0.15) is 0 Å². The molecule has 4 aromatic rings. The standard InChI is InChI=1S/C27H25N3/c1-3-11-20(4-2)25-28-26(23-14-9-6-10-15-23)30-27(29-25)24-18-16-22(17-19-24)21-12-7-5-8-13-21/h5-19H,3-4H2,1-2H3/b20-11+. The lowest BCUT2D eigenvalue weighted by Crippen LogP contribution is -2.02. The van der Waals surface area contributed by atoms with Gasteiger partial charge in [0, 0.05) is 11.1 Å². The molecule has 0 amide bonds. The maximum Gasteiger partial charge on any atom is 0.164 e. The molecule has 0 unspecified atom stereocenters. The van der Waals surface area contributed by atoms with E-state index in [-0.39, 0.29) is 0 Å². The van der Waals surface area contributed by atoms with Gasteiger partial charge in [-0.3, -0.25) is 0 Å². The van der Waals surface area contributed by atoms with Gasteiger partial charge in [-0.2, -0.15) is 0 Å². The molecule has 3 aromatic carbocycles. The molecule has 0 saturated heterocycles. The topological polar surface area (TPSA) is 38.7 Å². The summed E-state index contributed by atoms with van der Waals surface area (Å²) >= 11 is 0. The number of hydrogen-bond acceptors (Lipinski definition) is 3. The Morgan fingerprint density at radius 1 is 0.600 bits per heavy atom. The first-order valence-electron chi connectivity index (χ1n) is 10.4. The van der Waals surface area contributed by atoms with Crippen LogP contribution in [-0.4, -0.2) is 15.0 Å². The van der Waals surface area contributed by atoms with Crippen LogP contribution in [0.2, 0.25) is 0 Å². The summed E-state index contributed by atoms with van der Waals surface area (Å²) in [4.78, 5) is 14.4. The van der Waals surface area contributed by atoms with Crippen molar-refractivity contribution in [2.24, 2.45) is 0 Å². The van der Waals surface area contributed by atoms with Crippen molar-refractivity contribution in [1.82, 2.24) is 15.0 Å². The highest BCUT2D eigenvalue weighted by atomic mass is 15.0. The van der Waals surface area contributed by atoms with Crippen LogP contribution in [0.15, 0.2) is 91.0 Å². The van der Waals surface area contributed by atoms with Crippen LogP contribution in [0.4, 0.5) is 0 Å². The van der Waals surface area contributed by atoms with Crippen LogP contribution in [0.5, 0.6) is 0 Å².